The second-order valence-electron chi connectivity index (χ2n) is 4.11. The standard InChI is InChI=1S/C11H16BrN3O3S/c1-7-5-8(12)9(13)6-10(7)19(17,18)15-4-2-3-11(14)16/h5-6,15H,2-4,13H2,1H3,(H2,14,16). The molecule has 6 nitrogen and oxygen atoms in total. The number of nitrogens with two attached hydrogens (primary N) is 2. The molecule has 0 aliphatic heterocycles. The van der Waals surface area contributed by atoms with Gasteiger partial charge in [-0.1, -0.05) is 0 Å². The minimum atomic E-state index is -3.63. The number of sulfonamides is 1. The Balaban J connectivity index is 2.83. The number of amides is 1. The second kappa shape index (κ2) is 6.36. The SMILES string of the molecule is Cc1cc(Br)c(N)cc1S(=O)(=O)NCCCC(N)=O. The van der Waals surface area contributed by atoms with Gasteiger partial charge in [-0.15, -0.1) is 0 Å². The van der Waals surface area contributed by atoms with Crippen molar-refractivity contribution in [1.29, 1.82) is 0 Å². The second-order valence-corrected chi connectivity index (χ2v) is 6.70. The van der Waals surface area contributed by atoms with E-state index >= 15 is 0 Å². The Bertz CT molecular complexity index is 587. The zero-order valence-corrected chi connectivity index (χ0v) is 12.8. The minimum Gasteiger partial charge on any atom is -0.398 e. The molecule has 0 unspecified atom stereocenters. The summed E-state index contributed by atoms with van der Waals surface area (Å²) in [6.45, 7) is 1.84. The Morgan fingerprint density at radius 3 is 2.63 bits per heavy atom. The van der Waals surface area contributed by atoms with Gasteiger partial charge < -0.3 is 11.5 Å². The molecule has 19 heavy (non-hydrogen) atoms. The number of anilines is 1. The smallest absolute Gasteiger partial charge is 0.240 e. The Hall–Kier alpha value is -1.12. The van der Waals surface area contributed by atoms with Gasteiger partial charge in [-0.25, -0.2) is 13.1 Å². The highest BCUT2D eigenvalue weighted by molar-refractivity contribution is 9.10. The van der Waals surface area contributed by atoms with Crippen LogP contribution in [-0.4, -0.2) is 20.9 Å². The highest BCUT2D eigenvalue weighted by Crippen LogP contribution is 2.26. The summed E-state index contributed by atoms with van der Waals surface area (Å²) in [7, 11) is -3.63. The third-order valence-corrected chi connectivity index (χ3v) is 4.77. The number of aryl methyl sites for hydroxylation is 1. The zero-order chi connectivity index (χ0) is 14.6. The van der Waals surface area contributed by atoms with Crippen LogP contribution in [-0.2, 0) is 14.8 Å². The number of carbonyl (C=O) groups excluding carboxylic acids is 1. The molecule has 0 aliphatic rings. The summed E-state index contributed by atoms with van der Waals surface area (Å²) in [5, 5.41) is 0. The van der Waals surface area contributed by atoms with Gasteiger partial charge in [0.15, 0.2) is 0 Å². The van der Waals surface area contributed by atoms with Crippen molar-refractivity contribution in [3.05, 3.63) is 22.2 Å². The Labute approximate surface area is 120 Å². The van der Waals surface area contributed by atoms with E-state index in [1.807, 2.05) is 0 Å². The fraction of sp³-hybridized carbons (Fsp3) is 0.364. The average Bonchev–Trinajstić information content (AvgIpc) is 2.29. The zero-order valence-electron chi connectivity index (χ0n) is 10.4. The van der Waals surface area contributed by atoms with Crippen LogP contribution in [0.4, 0.5) is 5.69 Å². The maximum Gasteiger partial charge on any atom is 0.240 e. The molecule has 1 amide bonds. The van der Waals surface area contributed by atoms with Gasteiger partial charge in [0.1, 0.15) is 0 Å². The van der Waals surface area contributed by atoms with Gasteiger partial charge in [0, 0.05) is 23.1 Å². The quantitative estimate of drug-likeness (QED) is 0.522. The number of rotatable bonds is 6. The molecule has 0 radical (unpaired) electrons. The molecule has 0 saturated heterocycles. The summed E-state index contributed by atoms with van der Waals surface area (Å²) >= 11 is 3.24. The minimum absolute atomic E-state index is 0.132. The Morgan fingerprint density at radius 1 is 1.42 bits per heavy atom. The first-order valence-corrected chi connectivity index (χ1v) is 7.85. The molecule has 0 aromatic heterocycles. The predicted octanol–water partition coefficient (Wildman–Crippen LogP) is 0.884. The molecule has 1 rings (SSSR count). The van der Waals surface area contributed by atoms with Crippen molar-refractivity contribution in [1.82, 2.24) is 4.72 Å². The van der Waals surface area contributed by atoms with Crippen LogP contribution in [0.2, 0.25) is 0 Å². The largest absolute Gasteiger partial charge is 0.398 e. The van der Waals surface area contributed by atoms with Gasteiger partial charge in [0.25, 0.3) is 0 Å². The van der Waals surface area contributed by atoms with Crippen LogP contribution in [0.1, 0.15) is 18.4 Å². The maximum absolute atomic E-state index is 12.1. The third kappa shape index (κ3) is 4.48. The van der Waals surface area contributed by atoms with Crippen LogP contribution in [0.5, 0.6) is 0 Å². The summed E-state index contributed by atoms with van der Waals surface area (Å²) in [4.78, 5) is 10.7. The summed E-state index contributed by atoms with van der Waals surface area (Å²) in [5.41, 5.74) is 11.6. The highest BCUT2D eigenvalue weighted by Gasteiger charge is 2.17. The Kier molecular flexibility index (Phi) is 5.33. The first-order valence-electron chi connectivity index (χ1n) is 5.57. The molecule has 0 aliphatic carbocycles. The summed E-state index contributed by atoms with van der Waals surface area (Å²) in [6.07, 6.45) is 0.504. The van der Waals surface area contributed by atoms with E-state index in [0.29, 0.717) is 22.1 Å². The molecule has 106 valence electrons. The number of hydrogen-bond acceptors (Lipinski definition) is 4. The van der Waals surface area contributed by atoms with Gasteiger partial charge in [-0.05, 0) is 47.0 Å². The van der Waals surface area contributed by atoms with Gasteiger partial charge in [-0.2, -0.15) is 0 Å². The van der Waals surface area contributed by atoms with Crippen LogP contribution >= 0.6 is 15.9 Å². The molecular formula is C11H16BrN3O3S. The van der Waals surface area contributed by atoms with E-state index in [9.17, 15) is 13.2 Å². The molecule has 0 atom stereocenters. The number of halogens is 1. The van der Waals surface area contributed by atoms with Crippen LogP contribution in [0, 0.1) is 6.92 Å². The number of primary amides is 1. The predicted molar refractivity (Wildman–Crippen MR) is 76.9 cm³/mol. The molecule has 1 aromatic carbocycles. The number of nitrogens with one attached hydrogen (secondary N) is 1. The van der Waals surface area contributed by atoms with Crippen molar-refractivity contribution in [2.45, 2.75) is 24.7 Å². The molecule has 8 heteroatoms. The molecule has 0 fully saturated rings. The molecule has 0 spiro atoms. The highest BCUT2D eigenvalue weighted by atomic mass is 79.9. The summed E-state index contributed by atoms with van der Waals surface area (Å²) in [6, 6.07) is 3.04. The Morgan fingerprint density at radius 2 is 2.05 bits per heavy atom. The molecule has 1 aromatic rings. The van der Waals surface area contributed by atoms with Crippen LogP contribution in [0.15, 0.2) is 21.5 Å². The lowest BCUT2D eigenvalue weighted by atomic mass is 10.2. The number of benzene rings is 1. The van der Waals surface area contributed by atoms with E-state index in [4.69, 9.17) is 11.5 Å². The van der Waals surface area contributed by atoms with E-state index in [-0.39, 0.29) is 17.9 Å². The lowest BCUT2D eigenvalue weighted by Crippen LogP contribution is -2.26. The first-order chi connectivity index (χ1) is 8.74. The lowest BCUT2D eigenvalue weighted by Gasteiger charge is -2.10. The van der Waals surface area contributed by atoms with E-state index in [1.165, 1.54) is 6.07 Å². The van der Waals surface area contributed by atoms with Crippen molar-refractivity contribution in [2.24, 2.45) is 5.73 Å². The third-order valence-electron chi connectivity index (χ3n) is 2.48. The average molecular weight is 350 g/mol. The van der Waals surface area contributed by atoms with Crippen molar-refractivity contribution in [3.8, 4) is 0 Å². The van der Waals surface area contributed by atoms with Gasteiger partial charge in [0.05, 0.1) is 4.90 Å². The van der Waals surface area contributed by atoms with E-state index in [0.717, 1.165) is 0 Å². The van der Waals surface area contributed by atoms with Crippen molar-refractivity contribution in [3.63, 3.8) is 0 Å². The van der Waals surface area contributed by atoms with E-state index in [1.54, 1.807) is 13.0 Å². The summed E-state index contributed by atoms with van der Waals surface area (Å²) in [5.74, 6) is -0.455. The maximum atomic E-state index is 12.1. The lowest BCUT2D eigenvalue weighted by molar-refractivity contribution is -0.118. The molecule has 5 N–H and O–H groups in total. The fourth-order valence-electron chi connectivity index (χ4n) is 1.50. The van der Waals surface area contributed by atoms with E-state index < -0.39 is 15.9 Å². The van der Waals surface area contributed by atoms with E-state index in [2.05, 4.69) is 20.7 Å². The van der Waals surface area contributed by atoms with Crippen molar-refractivity contribution in [2.75, 3.05) is 12.3 Å². The van der Waals surface area contributed by atoms with Crippen LogP contribution in [0.25, 0.3) is 0 Å². The van der Waals surface area contributed by atoms with Gasteiger partial charge in [0.2, 0.25) is 15.9 Å². The van der Waals surface area contributed by atoms with Crippen LogP contribution in [0.3, 0.4) is 0 Å². The fourth-order valence-corrected chi connectivity index (χ4v) is 3.30. The van der Waals surface area contributed by atoms with Gasteiger partial charge >= 0.3 is 0 Å². The van der Waals surface area contributed by atoms with Crippen LogP contribution < -0.4 is 16.2 Å². The molecular weight excluding hydrogens is 334 g/mol. The number of nitrogen functional groups attached to an aromatic ring is 1. The topological polar surface area (TPSA) is 115 Å². The monoisotopic (exact) mass is 349 g/mol. The first kappa shape index (κ1) is 15.9. The van der Waals surface area contributed by atoms with Crippen molar-refractivity contribution >= 4 is 37.5 Å². The van der Waals surface area contributed by atoms with Crippen molar-refractivity contribution < 1.29 is 13.2 Å². The number of hydrogen-bond donors (Lipinski definition) is 3. The van der Waals surface area contributed by atoms with Gasteiger partial charge in [-0.3, -0.25) is 4.79 Å². The number of carbonyl (C=O) groups is 1. The molecule has 0 saturated carbocycles. The summed E-state index contributed by atoms with van der Waals surface area (Å²) < 4.78 is 27.2. The molecule has 0 heterocycles. The normalized spacial score (nSPS) is 11.5. The molecule has 0 bridgehead atoms.